The highest BCUT2D eigenvalue weighted by molar-refractivity contribution is 7.13. The van der Waals surface area contributed by atoms with Crippen LogP contribution in [-0.2, 0) is 18.0 Å². The predicted octanol–water partition coefficient (Wildman–Crippen LogP) is 5.42. The number of nitrogens with zero attached hydrogens (tertiary/aromatic N) is 3. The van der Waals surface area contributed by atoms with Crippen LogP contribution in [0.3, 0.4) is 0 Å². The fraction of sp³-hybridized carbons (Fsp3) is 0.111. The van der Waals surface area contributed by atoms with Crippen LogP contribution in [0.25, 0.3) is 6.08 Å². The van der Waals surface area contributed by atoms with Crippen LogP contribution in [0.1, 0.15) is 16.7 Å². The first kappa shape index (κ1) is 23.8. The fourth-order valence-corrected chi connectivity index (χ4v) is 3.63. The lowest BCUT2D eigenvalue weighted by molar-refractivity contribution is -0.112. The summed E-state index contributed by atoms with van der Waals surface area (Å²) in [5.41, 5.74) is 4.78. The van der Waals surface area contributed by atoms with Crippen LogP contribution in [0, 0.1) is 0 Å². The number of ether oxygens (including phenoxy) is 2. The maximum Gasteiger partial charge on any atom is 0.259 e. The van der Waals surface area contributed by atoms with Crippen LogP contribution in [0.15, 0.2) is 94.9 Å². The SMILES string of the molecule is CN=C/C(=C/c1ccc(OCc2ccccc2)c(OCc2ccccc2)c1)C(=O)Nc1nncs1. The molecule has 8 heteroatoms. The van der Waals surface area contributed by atoms with Gasteiger partial charge in [-0.25, -0.2) is 0 Å². The van der Waals surface area contributed by atoms with E-state index in [1.165, 1.54) is 17.6 Å². The number of aliphatic imine (C=N–C) groups is 1. The van der Waals surface area contributed by atoms with Crippen molar-refractivity contribution in [2.45, 2.75) is 13.2 Å². The zero-order valence-electron chi connectivity index (χ0n) is 19.1. The van der Waals surface area contributed by atoms with Crippen molar-refractivity contribution in [2.75, 3.05) is 12.4 Å². The van der Waals surface area contributed by atoms with E-state index >= 15 is 0 Å². The van der Waals surface area contributed by atoms with Gasteiger partial charge in [0.25, 0.3) is 5.91 Å². The molecular weight excluding hydrogens is 460 g/mol. The molecule has 0 saturated heterocycles. The zero-order chi connectivity index (χ0) is 24.3. The van der Waals surface area contributed by atoms with Crippen molar-refractivity contribution >= 4 is 34.7 Å². The topological polar surface area (TPSA) is 85.7 Å². The number of nitrogens with one attached hydrogen (secondary N) is 1. The summed E-state index contributed by atoms with van der Waals surface area (Å²) in [6.45, 7) is 0.798. The van der Waals surface area contributed by atoms with Crippen molar-refractivity contribution in [3.05, 3.63) is 107 Å². The van der Waals surface area contributed by atoms with Crippen LogP contribution >= 0.6 is 11.3 Å². The molecule has 0 radical (unpaired) electrons. The molecule has 176 valence electrons. The van der Waals surface area contributed by atoms with Crippen LogP contribution in [0.5, 0.6) is 11.5 Å². The summed E-state index contributed by atoms with van der Waals surface area (Å²) in [5, 5.41) is 10.7. The van der Waals surface area contributed by atoms with Crippen molar-refractivity contribution in [2.24, 2.45) is 4.99 Å². The number of aromatic nitrogens is 2. The number of amides is 1. The number of carbonyl (C=O) groups excluding carboxylic acids is 1. The number of carbonyl (C=O) groups is 1. The molecule has 1 N–H and O–H groups in total. The van der Waals surface area contributed by atoms with Gasteiger partial charge in [0.05, 0.1) is 5.57 Å². The highest BCUT2D eigenvalue weighted by atomic mass is 32.1. The van der Waals surface area contributed by atoms with Gasteiger partial charge in [-0.15, -0.1) is 10.2 Å². The van der Waals surface area contributed by atoms with E-state index in [1.54, 1.807) is 18.6 Å². The standard InChI is InChI=1S/C27H24N4O3S/c1-28-16-23(26(32)30-27-31-29-19-35-27)14-22-12-13-24(33-17-20-8-4-2-5-9-20)25(15-22)34-18-21-10-6-3-7-11-21/h2-16,19H,17-18H2,1H3,(H,30,31,32)/b23-14-,28-16?. The van der Waals surface area contributed by atoms with E-state index in [2.05, 4.69) is 20.5 Å². The number of hydrogen-bond acceptors (Lipinski definition) is 7. The monoisotopic (exact) mass is 484 g/mol. The summed E-state index contributed by atoms with van der Waals surface area (Å²) in [6, 6.07) is 25.4. The van der Waals surface area contributed by atoms with E-state index in [9.17, 15) is 4.79 Å². The molecule has 1 aromatic heterocycles. The number of rotatable bonds is 10. The first-order valence-corrected chi connectivity index (χ1v) is 11.8. The first-order chi connectivity index (χ1) is 17.2. The Morgan fingerprint density at radius 1 is 0.943 bits per heavy atom. The van der Waals surface area contributed by atoms with Gasteiger partial charge >= 0.3 is 0 Å². The van der Waals surface area contributed by atoms with Gasteiger partial charge in [-0.1, -0.05) is 78.1 Å². The quantitative estimate of drug-likeness (QED) is 0.240. The molecule has 0 fully saturated rings. The Kier molecular flexibility index (Phi) is 8.34. The molecule has 0 atom stereocenters. The van der Waals surface area contributed by atoms with Gasteiger partial charge in [0.1, 0.15) is 18.7 Å². The molecule has 35 heavy (non-hydrogen) atoms. The van der Waals surface area contributed by atoms with Crippen molar-refractivity contribution < 1.29 is 14.3 Å². The molecule has 1 amide bonds. The lowest BCUT2D eigenvalue weighted by atomic mass is 10.1. The summed E-state index contributed by atoms with van der Waals surface area (Å²) in [5.74, 6) is 0.866. The third-order valence-corrected chi connectivity index (χ3v) is 5.48. The van der Waals surface area contributed by atoms with Crippen LogP contribution < -0.4 is 14.8 Å². The second kappa shape index (κ2) is 12.2. The minimum absolute atomic E-state index is 0.330. The molecule has 4 aromatic rings. The first-order valence-electron chi connectivity index (χ1n) is 10.9. The van der Waals surface area contributed by atoms with Gasteiger partial charge in [-0.2, -0.15) is 0 Å². The van der Waals surface area contributed by atoms with E-state index in [4.69, 9.17) is 9.47 Å². The van der Waals surface area contributed by atoms with E-state index in [1.807, 2.05) is 78.9 Å². The fourth-order valence-electron chi connectivity index (χ4n) is 3.19. The molecular formula is C27H24N4O3S. The number of anilines is 1. The lowest BCUT2D eigenvalue weighted by Crippen LogP contribution is -2.15. The van der Waals surface area contributed by atoms with Gasteiger partial charge in [0.15, 0.2) is 11.5 Å². The summed E-state index contributed by atoms with van der Waals surface area (Å²) in [4.78, 5) is 16.8. The van der Waals surface area contributed by atoms with Crippen molar-refractivity contribution in [1.82, 2.24) is 10.2 Å². The van der Waals surface area contributed by atoms with Crippen molar-refractivity contribution in [3.8, 4) is 11.5 Å². The van der Waals surface area contributed by atoms with Crippen LogP contribution in [0.2, 0.25) is 0 Å². The Hall–Kier alpha value is -4.30. The lowest BCUT2D eigenvalue weighted by Gasteiger charge is -2.14. The molecule has 0 aliphatic heterocycles. The third kappa shape index (κ3) is 7.09. The second-order valence-corrected chi connectivity index (χ2v) is 8.27. The predicted molar refractivity (Wildman–Crippen MR) is 139 cm³/mol. The molecule has 3 aromatic carbocycles. The molecule has 0 aliphatic rings. The molecule has 0 bridgehead atoms. The summed E-state index contributed by atoms with van der Waals surface area (Å²) in [7, 11) is 1.61. The normalized spacial score (nSPS) is 11.4. The van der Waals surface area contributed by atoms with Crippen molar-refractivity contribution in [3.63, 3.8) is 0 Å². The number of benzene rings is 3. The smallest absolute Gasteiger partial charge is 0.259 e. The Balaban J connectivity index is 1.58. The zero-order valence-corrected chi connectivity index (χ0v) is 19.9. The minimum atomic E-state index is -0.330. The Labute approximate surface area is 207 Å². The van der Waals surface area contributed by atoms with E-state index < -0.39 is 0 Å². The summed E-state index contributed by atoms with van der Waals surface area (Å²) < 4.78 is 12.2. The molecule has 1 heterocycles. The molecule has 0 spiro atoms. The minimum Gasteiger partial charge on any atom is -0.485 e. The van der Waals surface area contributed by atoms with E-state index in [0.717, 1.165) is 16.7 Å². The largest absolute Gasteiger partial charge is 0.485 e. The van der Waals surface area contributed by atoms with E-state index in [-0.39, 0.29) is 5.91 Å². The molecule has 0 aliphatic carbocycles. The molecule has 0 unspecified atom stereocenters. The average Bonchev–Trinajstić information content (AvgIpc) is 3.41. The Bertz CT molecular complexity index is 1290. The van der Waals surface area contributed by atoms with Gasteiger partial charge in [0.2, 0.25) is 5.13 Å². The molecule has 4 rings (SSSR count). The summed E-state index contributed by atoms with van der Waals surface area (Å²) in [6.07, 6.45) is 3.24. The van der Waals surface area contributed by atoms with Crippen molar-refractivity contribution in [1.29, 1.82) is 0 Å². The van der Waals surface area contributed by atoms with Crippen LogP contribution in [-0.4, -0.2) is 29.4 Å². The van der Waals surface area contributed by atoms with E-state index in [0.29, 0.717) is 35.4 Å². The average molecular weight is 485 g/mol. The molecule has 0 saturated carbocycles. The molecule has 7 nitrogen and oxygen atoms in total. The van der Waals surface area contributed by atoms with Gasteiger partial charge < -0.3 is 9.47 Å². The Morgan fingerprint density at radius 3 is 2.20 bits per heavy atom. The third-order valence-electron chi connectivity index (χ3n) is 4.88. The maximum absolute atomic E-state index is 12.7. The Morgan fingerprint density at radius 2 is 1.60 bits per heavy atom. The number of hydrogen-bond donors (Lipinski definition) is 1. The van der Waals surface area contributed by atoms with Gasteiger partial charge in [-0.3, -0.25) is 15.1 Å². The van der Waals surface area contributed by atoms with Gasteiger partial charge in [0, 0.05) is 13.3 Å². The maximum atomic E-state index is 12.7. The summed E-state index contributed by atoms with van der Waals surface area (Å²) >= 11 is 1.24. The highest BCUT2D eigenvalue weighted by Crippen LogP contribution is 2.31. The van der Waals surface area contributed by atoms with Crippen LogP contribution in [0.4, 0.5) is 5.13 Å². The second-order valence-electron chi connectivity index (χ2n) is 7.44. The van der Waals surface area contributed by atoms with Gasteiger partial charge in [-0.05, 0) is 34.9 Å². The highest BCUT2D eigenvalue weighted by Gasteiger charge is 2.12.